The van der Waals surface area contributed by atoms with Crippen LogP contribution in [0.1, 0.15) is 22.3 Å². The number of nitrogens with zero attached hydrogens (tertiary/aromatic N) is 2. The number of hydrogen-bond acceptors (Lipinski definition) is 2. The molecule has 0 atom stereocenters. The van der Waals surface area contributed by atoms with Crippen LogP contribution in [0.3, 0.4) is 0 Å². The third-order valence-corrected chi connectivity index (χ3v) is 6.69. The lowest BCUT2D eigenvalue weighted by Gasteiger charge is -2.31. The number of fused-ring (bicyclic) bond motifs is 5. The maximum absolute atomic E-state index is 5.26. The summed E-state index contributed by atoms with van der Waals surface area (Å²) < 4.78 is 0. The number of hydrogen-bond donors (Lipinski definition) is 0. The van der Waals surface area contributed by atoms with E-state index >= 15 is 0 Å². The van der Waals surface area contributed by atoms with E-state index in [2.05, 4.69) is 103 Å². The molecule has 2 heteroatoms. The molecule has 2 heterocycles. The van der Waals surface area contributed by atoms with Crippen molar-refractivity contribution in [3.63, 3.8) is 0 Å². The summed E-state index contributed by atoms with van der Waals surface area (Å²) in [6.45, 7) is 5.13. The summed E-state index contributed by atoms with van der Waals surface area (Å²) >= 11 is 0. The zero-order valence-corrected chi connectivity index (χ0v) is 18.4. The average molecular weight is 415 g/mol. The largest absolute Gasteiger partial charge is 0.294 e. The lowest BCUT2D eigenvalue weighted by Crippen LogP contribution is -2.31. The second-order valence-electron chi connectivity index (χ2n) is 8.91. The van der Waals surface area contributed by atoms with Crippen molar-refractivity contribution < 1.29 is 0 Å². The fourth-order valence-corrected chi connectivity index (χ4v) is 5.18. The third-order valence-electron chi connectivity index (χ3n) is 6.69. The number of aromatic nitrogens is 1. The van der Waals surface area contributed by atoms with Gasteiger partial charge in [-0.1, -0.05) is 84.4 Å². The first-order valence-corrected chi connectivity index (χ1v) is 11.4. The smallest absolute Gasteiger partial charge is 0.0757 e. The van der Waals surface area contributed by atoms with E-state index in [4.69, 9.17) is 4.98 Å². The third kappa shape index (κ3) is 3.37. The van der Waals surface area contributed by atoms with Crippen LogP contribution in [0, 0.1) is 6.92 Å². The van der Waals surface area contributed by atoms with Crippen LogP contribution in [0.4, 0.5) is 0 Å². The molecule has 0 amide bonds. The van der Waals surface area contributed by atoms with E-state index in [1.54, 1.807) is 0 Å². The summed E-state index contributed by atoms with van der Waals surface area (Å²) in [4.78, 5) is 7.83. The van der Waals surface area contributed by atoms with Gasteiger partial charge in [-0.25, -0.2) is 4.98 Å². The van der Waals surface area contributed by atoms with Gasteiger partial charge in [0.1, 0.15) is 0 Å². The zero-order chi connectivity index (χ0) is 21.5. The van der Waals surface area contributed by atoms with E-state index in [-0.39, 0.29) is 0 Å². The first kappa shape index (κ1) is 19.2. The van der Waals surface area contributed by atoms with Crippen LogP contribution in [0.15, 0.2) is 91.0 Å². The van der Waals surface area contributed by atoms with E-state index in [1.807, 2.05) is 0 Å². The molecule has 5 aromatic rings. The fraction of sp³-hybridized carbons (Fsp3) is 0.167. The zero-order valence-electron chi connectivity index (χ0n) is 18.4. The van der Waals surface area contributed by atoms with Gasteiger partial charge in [-0.05, 0) is 52.9 Å². The highest BCUT2D eigenvalue weighted by Gasteiger charge is 2.24. The highest BCUT2D eigenvalue weighted by molar-refractivity contribution is 6.09. The van der Waals surface area contributed by atoms with Crippen LogP contribution in [-0.2, 0) is 19.5 Å². The Kier molecular flexibility index (Phi) is 4.74. The van der Waals surface area contributed by atoms with Crippen molar-refractivity contribution >= 4 is 21.7 Å². The van der Waals surface area contributed by atoms with Crippen LogP contribution >= 0.6 is 0 Å². The lowest BCUT2D eigenvalue weighted by atomic mass is 9.89. The van der Waals surface area contributed by atoms with Gasteiger partial charge in [0.05, 0.1) is 11.2 Å². The molecular weight excluding hydrogens is 388 g/mol. The Hall–Kier alpha value is -3.49. The standard InChI is InChI=1S/C30H26N2/c1-21-8-7-12-24(18-21)30-27-20-32(19-22-9-3-2-4-10-22)17-16-26(27)29-25-13-6-5-11-23(25)14-15-28(29)31-30/h2-15,18H,16-17,19-20H2,1H3. The molecule has 0 radical (unpaired) electrons. The molecule has 156 valence electrons. The van der Waals surface area contributed by atoms with Crippen LogP contribution in [0.5, 0.6) is 0 Å². The molecular formula is C30H26N2. The highest BCUT2D eigenvalue weighted by Crippen LogP contribution is 2.37. The Morgan fingerprint density at radius 2 is 1.66 bits per heavy atom. The van der Waals surface area contributed by atoms with Crippen molar-refractivity contribution in [2.75, 3.05) is 6.54 Å². The van der Waals surface area contributed by atoms with E-state index in [9.17, 15) is 0 Å². The predicted octanol–water partition coefficient (Wildman–Crippen LogP) is 6.92. The molecule has 2 nitrogen and oxygen atoms in total. The summed E-state index contributed by atoms with van der Waals surface area (Å²) in [7, 11) is 0. The summed E-state index contributed by atoms with van der Waals surface area (Å²) in [6, 6.07) is 32.7. The fourth-order valence-electron chi connectivity index (χ4n) is 5.18. The molecule has 0 saturated carbocycles. The Labute approximate surface area is 189 Å². The number of rotatable bonds is 3. The second-order valence-corrected chi connectivity index (χ2v) is 8.91. The van der Waals surface area contributed by atoms with Crippen molar-refractivity contribution in [1.29, 1.82) is 0 Å². The molecule has 0 saturated heterocycles. The lowest BCUT2D eigenvalue weighted by molar-refractivity contribution is 0.246. The van der Waals surface area contributed by atoms with Gasteiger partial charge in [0, 0.05) is 30.6 Å². The van der Waals surface area contributed by atoms with Gasteiger partial charge in [-0.2, -0.15) is 0 Å². The molecule has 0 bridgehead atoms. The molecule has 4 aromatic carbocycles. The van der Waals surface area contributed by atoms with E-state index in [0.717, 1.165) is 37.3 Å². The quantitative estimate of drug-likeness (QED) is 0.298. The summed E-state index contributed by atoms with van der Waals surface area (Å²) in [6.07, 6.45) is 1.05. The molecule has 0 aliphatic carbocycles. The molecule has 0 spiro atoms. The van der Waals surface area contributed by atoms with Gasteiger partial charge < -0.3 is 0 Å². The Balaban J connectivity index is 1.56. The second kappa shape index (κ2) is 7.89. The molecule has 6 rings (SSSR count). The van der Waals surface area contributed by atoms with Gasteiger partial charge in [0.2, 0.25) is 0 Å². The minimum atomic E-state index is 0.930. The summed E-state index contributed by atoms with van der Waals surface area (Å²) in [5.74, 6) is 0. The van der Waals surface area contributed by atoms with Crippen LogP contribution in [0.25, 0.3) is 32.9 Å². The first-order chi connectivity index (χ1) is 15.8. The van der Waals surface area contributed by atoms with E-state index in [1.165, 1.54) is 44.0 Å². The van der Waals surface area contributed by atoms with Crippen molar-refractivity contribution in [3.8, 4) is 11.3 Å². The van der Waals surface area contributed by atoms with Gasteiger partial charge in [-0.15, -0.1) is 0 Å². The topological polar surface area (TPSA) is 16.1 Å². The maximum atomic E-state index is 5.26. The number of benzene rings is 4. The summed E-state index contributed by atoms with van der Waals surface area (Å²) in [5.41, 5.74) is 8.98. The highest BCUT2D eigenvalue weighted by atomic mass is 15.1. The van der Waals surface area contributed by atoms with Gasteiger partial charge in [-0.3, -0.25) is 4.90 Å². The van der Waals surface area contributed by atoms with Crippen molar-refractivity contribution in [1.82, 2.24) is 9.88 Å². The van der Waals surface area contributed by atoms with Crippen LogP contribution < -0.4 is 0 Å². The SMILES string of the molecule is Cc1cccc(-c2nc3ccc4ccccc4c3c3c2CN(Cc2ccccc2)CC3)c1. The van der Waals surface area contributed by atoms with Gasteiger partial charge >= 0.3 is 0 Å². The van der Waals surface area contributed by atoms with Gasteiger partial charge in [0.15, 0.2) is 0 Å². The molecule has 0 fully saturated rings. The van der Waals surface area contributed by atoms with Crippen molar-refractivity contribution in [2.24, 2.45) is 0 Å². The molecule has 32 heavy (non-hydrogen) atoms. The maximum Gasteiger partial charge on any atom is 0.0757 e. The Morgan fingerprint density at radius 3 is 2.53 bits per heavy atom. The van der Waals surface area contributed by atoms with E-state index < -0.39 is 0 Å². The van der Waals surface area contributed by atoms with Crippen LogP contribution in [0.2, 0.25) is 0 Å². The average Bonchev–Trinajstić information content (AvgIpc) is 2.84. The normalized spacial score (nSPS) is 14.0. The van der Waals surface area contributed by atoms with Crippen molar-refractivity contribution in [3.05, 3.63) is 113 Å². The van der Waals surface area contributed by atoms with Crippen LogP contribution in [-0.4, -0.2) is 16.4 Å². The number of pyridine rings is 1. The molecule has 0 unspecified atom stereocenters. The predicted molar refractivity (Wildman–Crippen MR) is 134 cm³/mol. The Bertz CT molecular complexity index is 1440. The molecule has 0 N–H and O–H groups in total. The summed E-state index contributed by atoms with van der Waals surface area (Å²) in [5, 5.41) is 3.95. The van der Waals surface area contributed by atoms with Crippen molar-refractivity contribution in [2.45, 2.75) is 26.4 Å². The first-order valence-electron chi connectivity index (χ1n) is 11.4. The molecule has 1 aromatic heterocycles. The minimum Gasteiger partial charge on any atom is -0.294 e. The van der Waals surface area contributed by atoms with E-state index in [0.29, 0.717) is 0 Å². The molecule has 1 aliphatic rings. The Morgan fingerprint density at radius 1 is 0.812 bits per heavy atom. The monoisotopic (exact) mass is 414 g/mol. The molecule has 1 aliphatic heterocycles. The number of aryl methyl sites for hydroxylation is 1. The van der Waals surface area contributed by atoms with Gasteiger partial charge in [0.25, 0.3) is 0 Å². The minimum absolute atomic E-state index is 0.930.